The van der Waals surface area contributed by atoms with Gasteiger partial charge in [-0.3, -0.25) is 0 Å². The van der Waals surface area contributed by atoms with Gasteiger partial charge < -0.3 is 4.74 Å². The van der Waals surface area contributed by atoms with Gasteiger partial charge >= 0.3 is 5.90 Å². The van der Waals surface area contributed by atoms with E-state index in [-0.39, 0.29) is 0 Å². The molecule has 0 radical (unpaired) electrons. The van der Waals surface area contributed by atoms with Crippen LogP contribution in [0, 0.1) is 0 Å². The van der Waals surface area contributed by atoms with Crippen LogP contribution in [0.15, 0.2) is 48.5 Å². The molecule has 0 bridgehead atoms. The predicted molar refractivity (Wildman–Crippen MR) is 79.9 cm³/mol. The van der Waals surface area contributed by atoms with Gasteiger partial charge in [-0.25, -0.2) is 0 Å². The van der Waals surface area contributed by atoms with Crippen molar-refractivity contribution in [3.8, 4) is 0 Å². The van der Waals surface area contributed by atoms with Gasteiger partial charge in [0.2, 0.25) is 5.69 Å². The summed E-state index contributed by atoms with van der Waals surface area (Å²) in [6.07, 6.45) is 0. The largest absolute Gasteiger partial charge is 0.447 e. The number of benzene rings is 2. The lowest BCUT2D eigenvalue weighted by molar-refractivity contribution is -0.415. The van der Waals surface area contributed by atoms with E-state index in [1.54, 1.807) is 13.2 Å². The molecule has 0 spiro atoms. The third-order valence-corrected chi connectivity index (χ3v) is 3.19. The van der Waals surface area contributed by atoms with Crippen LogP contribution >= 0.6 is 23.2 Å². The summed E-state index contributed by atoms with van der Waals surface area (Å²) in [5.41, 5.74) is 1.86. The van der Waals surface area contributed by atoms with Crippen LogP contribution in [-0.4, -0.2) is 24.6 Å². The Labute approximate surface area is 122 Å². The molecule has 4 heteroatoms. The highest BCUT2D eigenvalue weighted by molar-refractivity contribution is 6.35. The first-order valence-electron chi connectivity index (χ1n) is 5.78. The predicted octanol–water partition coefficient (Wildman–Crippen LogP) is 4.36. The van der Waals surface area contributed by atoms with E-state index in [4.69, 9.17) is 27.9 Å². The van der Waals surface area contributed by atoms with Crippen molar-refractivity contribution in [2.24, 2.45) is 0 Å². The minimum atomic E-state index is 0.582. The molecule has 0 saturated carbocycles. The summed E-state index contributed by atoms with van der Waals surface area (Å²) in [7, 11) is 3.56. The van der Waals surface area contributed by atoms with Crippen molar-refractivity contribution in [1.82, 2.24) is 0 Å². The lowest BCUT2D eigenvalue weighted by Gasteiger charge is -2.06. The maximum Gasteiger partial charge on any atom is 0.375 e. The van der Waals surface area contributed by atoms with Crippen LogP contribution in [0.5, 0.6) is 0 Å². The van der Waals surface area contributed by atoms with Crippen LogP contribution < -0.4 is 0 Å². The van der Waals surface area contributed by atoms with Crippen LogP contribution in [0.25, 0.3) is 0 Å². The molecule has 0 atom stereocenters. The molecule has 0 aliphatic rings. The highest BCUT2D eigenvalue weighted by Gasteiger charge is 2.17. The quantitative estimate of drug-likeness (QED) is 0.455. The fourth-order valence-corrected chi connectivity index (χ4v) is 2.42. The summed E-state index contributed by atoms with van der Waals surface area (Å²) in [4.78, 5) is 0. The van der Waals surface area contributed by atoms with Crippen molar-refractivity contribution in [2.45, 2.75) is 0 Å². The second-order valence-corrected chi connectivity index (χ2v) is 4.93. The zero-order valence-corrected chi connectivity index (χ0v) is 12.2. The summed E-state index contributed by atoms with van der Waals surface area (Å²) >= 11 is 12.1. The molecule has 0 aliphatic heterocycles. The van der Waals surface area contributed by atoms with Crippen molar-refractivity contribution < 1.29 is 9.31 Å². The van der Waals surface area contributed by atoms with Gasteiger partial charge in [-0.1, -0.05) is 41.4 Å². The first-order valence-corrected chi connectivity index (χ1v) is 6.53. The molecule has 0 heterocycles. The van der Waals surface area contributed by atoms with Gasteiger partial charge in [-0.15, -0.1) is 0 Å². The fraction of sp³-hybridized carbons (Fsp3) is 0.133. The summed E-state index contributed by atoms with van der Waals surface area (Å²) in [6, 6.07) is 15.3. The van der Waals surface area contributed by atoms with E-state index in [9.17, 15) is 0 Å². The van der Waals surface area contributed by atoms with Crippen molar-refractivity contribution in [2.75, 3.05) is 14.2 Å². The average Bonchev–Trinajstić information content (AvgIpc) is 2.39. The normalized spacial score (nSPS) is 12.0. The number of halogens is 2. The van der Waals surface area contributed by atoms with Gasteiger partial charge in [-0.2, -0.15) is 4.58 Å². The lowest BCUT2D eigenvalue weighted by Crippen LogP contribution is -2.16. The van der Waals surface area contributed by atoms with Gasteiger partial charge in [0.25, 0.3) is 0 Å². The minimum Gasteiger partial charge on any atom is -0.447 e. The Morgan fingerprint density at radius 3 is 2.11 bits per heavy atom. The Balaban J connectivity index is 2.55. The Kier molecular flexibility index (Phi) is 4.46. The van der Waals surface area contributed by atoms with Crippen LogP contribution in [-0.2, 0) is 4.74 Å². The van der Waals surface area contributed by atoms with Crippen LogP contribution in [0.2, 0.25) is 10.0 Å². The first-order chi connectivity index (χ1) is 9.11. The van der Waals surface area contributed by atoms with E-state index >= 15 is 0 Å². The molecule has 0 saturated heterocycles. The molecule has 2 aromatic rings. The van der Waals surface area contributed by atoms with Gasteiger partial charge in [-0.05, 0) is 18.2 Å². The van der Waals surface area contributed by atoms with E-state index < -0.39 is 0 Å². The third kappa shape index (κ3) is 3.28. The summed E-state index contributed by atoms with van der Waals surface area (Å²) in [5, 5.41) is 1.16. The van der Waals surface area contributed by atoms with Gasteiger partial charge in [0, 0.05) is 22.2 Å². The monoisotopic (exact) mass is 294 g/mol. The highest BCUT2D eigenvalue weighted by Crippen LogP contribution is 2.21. The van der Waals surface area contributed by atoms with Gasteiger partial charge in [0.15, 0.2) is 0 Å². The number of para-hydroxylation sites is 1. The zero-order valence-electron chi connectivity index (χ0n) is 10.7. The molecular weight excluding hydrogens is 281 g/mol. The second-order valence-electron chi connectivity index (χ2n) is 4.06. The molecule has 2 rings (SSSR count). The molecule has 2 nitrogen and oxygen atoms in total. The van der Waals surface area contributed by atoms with Crippen molar-refractivity contribution >= 4 is 34.8 Å². The smallest absolute Gasteiger partial charge is 0.375 e. The summed E-state index contributed by atoms with van der Waals surface area (Å²) in [6.45, 7) is 0. The number of ether oxygens (including phenoxy) is 1. The molecule has 0 fully saturated rings. The first kappa shape index (κ1) is 13.9. The topological polar surface area (TPSA) is 12.2 Å². The molecule has 98 valence electrons. The maximum absolute atomic E-state index is 6.03. The number of rotatable bonds is 2. The van der Waals surface area contributed by atoms with Crippen molar-refractivity contribution in [3.63, 3.8) is 0 Å². The minimum absolute atomic E-state index is 0.582. The fourth-order valence-electron chi connectivity index (χ4n) is 1.89. The Morgan fingerprint density at radius 2 is 1.58 bits per heavy atom. The van der Waals surface area contributed by atoms with Crippen LogP contribution in [0.4, 0.5) is 5.69 Å². The molecular formula is C15H14Cl2NO+. The number of methoxy groups -OCH3 is 1. The standard InChI is InChI=1S/C15H14Cl2NO/c1-18(14-6-4-3-5-7-14)15(19-2)11-8-12(16)10-13(17)9-11/h3-10H,1-2H3/q+1/b18-15+. The lowest BCUT2D eigenvalue weighted by atomic mass is 10.2. The Hall–Kier alpha value is -1.51. The Bertz CT molecular complexity index is 589. The average molecular weight is 295 g/mol. The summed E-state index contributed by atoms with van der Waals surface area (Å²) in [5.74, 6) is 0.690. The summed E-state index contributed by atoms with van der Waals surface area (Å²) < 4.78 is 7.43. The third-order valence-electron chi connectivity index (χ3n) is 2.75. The molecule has 0 amide bonds. The van der Waals surface area contributed by atoms with E-state index in [2.05, 4.69) is 0 Å². The van der Waals surface area contributed by atoms with E-state index in [1.165, 1.54) is 0 Å². The maximum atomic E-state index is 6.03. The van der Waals surface area contributed by atoms with Crippen LogP contribution in [0.3, 0.4) is 0 Å². The second kappa shape index (κ2) is 6.09. The molecule has 19 heavy (non-hydrogen) atoms. The molecule has 2 aromatic carbocycles. The van der Waals surface area contributed by atoms with Gasteiger partial charge in [0.1, 0.15) is 7.05 Å². The molecule has 0 aliphatic carbocycles. The molecule has 0 aromatic heterocycles. The Morgan fingerprint density at radius 1 is 1.00 bits per heavy atom. The van der Waals surface area contributed by atoms with Gasteiger partial charge in [0.05, 0.1) is 12.7 Å². The number of nitrogens with zero attached hydrogens (tertiary/aromatic N) is 1. The number of hydrogen-bond acceptors (Lipinski definition) is 1. The molecule has 0 N–H and O–H groups in total. The van der Waals surface area contributed by atoms with Crippen molar-refractivity contribution in [3.05, 3.63) is 64.1 Å². The van der Waals surface area contributed by atoms with E-state index in [0.717, 1.165) is 11.3 Å². The van der Waals surface area contributed by atoms with Crippen molar-refractivity contribution in [1.29, 1.82) is 0 Å². The zero-order chi connectivity index (χ0) is 13.8. The molecule has 0 unspecified atom stereocenters. The SMILES string of the molecule is CO/C(c1cc(Cl)cc(Cl)c1)=[N+](\C)c1ccccc1. The van der Waals surface area contributed by atoms with E-state index in [1.807, 2.05) is 54.1 Å². The number of hydrogen-bond donors (Lipinski definition) is 0. The van der Waals surface area contributed by atoms with Crippen LogP contribution in [0.1, 0.15) is 5.56 Å². The highest BCUT2D eigenvalue weighted by atomic mass is 35.5. The van der Waals surface area contributed by atoms with E-state index in [0.29, 0.717) is 15.9 Å².